The summed E-state index contributed by atoms with van der Waals surface area (Å²) in [5.41, 5.74) is 7.81. The van der Waals surface area contributed by atoms with E-state index in [2.05, 4.69) is 26.1 Å². The monoisotopic (exact) mass is 248 g/mol. The molecule has 1 unspecified atom stereocenters. The summed E-state index contributed by atoms with van der Waals surface area (Å²) in [6.45, 7) is 8.77. The van der Waals surface area contributed by atoms with Gasteiger partial charge in [-0.05, 0) is 30.9 Å². The van der Waals surface area contributed by atoms with Gasteiger partial charge in [0.25, 0.3) is 0 Å². The van der Waals surface area contributed by atoms with Crippen LogP contribution in [0.15, 0.2) is 24.3 Å². The van der Waals surface area contributed by atoms with Crippen molar-refractivity contribution < 1.29 is 4.79 Å². The lowest BCUT2D eigenvalue weighted by atomic mass is 9.84. The molecule has 0 spiro atoms. The first-order chi connectivity index (χ1) is 8.31. The third kappa shape index (κ3) is 4.88. The van der Waals surface area contributed by atoms with E-state index in [1.807, 2.05) is 31.2 Å². The Labute approximate surface area is 110 Å². The molecule has 0 heterocycles. The molecule has 3 N–H and O–H groups in total. The van der Waals surface area contributed by atoms with Crippen LogP contribution in [0.2, 0.25) is 0 Å². The molecule has 1 aromatic rings. The molecule has 0 fully saturated rings. The first kappa shape index (κ1) is 14.7. The molecule has 0 aliphatic carbocycles. The molecule has 1 amide bonds. The van der Waals surface area contributed by atoms with Crippen molar-refractivity contribution in [2.45, 2.75) is 34.1 Å². The lowest BCUT2D eigenvalue weighted by Gasteiger charge is -2.24. The van der Waals surface area contributed by atoms with Gasteiger partial charge in [-0.15, -0.1) is 0 Å². The zero-order valence-electron chi connectivity index (χ0n) is 11.8. The summed E-state index contributed by atoms with van der Waals surface area (Å²) in [6, 6.07) is 7.80. The molecule has 0 radical (unpaired) electrons. The van der Waals surface area contributed by atoms with Crippen LogP contribution in [-0.4, -0.2) is 12.5 Å². The molecule has 0 aromatic heterocycles. The van der Waals surface area contributed by atoms with Crippen molar-refractivity contribution in [3.8, 4) is 0 Å². The number of amides is 1. The molecule has 0 saturated carbocycles. The van der Waals surface area contributed by atoms with E-state index in [4.69, 9.17) is 5.73 Å². The minimum Gasteiger partial charge on any atom is -0.330 e. The summed E-state index contributed by atoms with van der Waals surface area (Å²) in [4.78, 5) is 12.1. The molecule has 0 aliphatic heterocycles. The highest BCUT2D eigenvalue weighted by molar-refractivity contribution is 5.92. The van der Waals surface area contributed by atoms with Gasteiger partial charge in [-0.3, -0.25) is 4.79 Å². The van der Waals surface area contributed by atoms with Crippen LogP contribution in [0.4, 0.5) is 5.69 Å². The number of carbonyl (C=O) groups is 1. The van der Waals surface area contributed by atoms with E-state index in [9.17, 15) is 4.79 Å². The summed E-state index contributed by atoms with van der Waals surface area (Å²) in [5.74, 6) is -0.123. The van der Waals surface area contributed by atoms with Crippen LogP contribution in [-0.2, 0) is 4.79 Å². The third-order valence-corrected chi connectivity index (χ3v) is 2.83. The van der Waals surface area contributed by atoms with Gasteiger partial charge in [0.15, 0.2) is 0 Å². The Morgan fingerprint density at radius 3 is 2.28 bits per heavy atom. The molecule has 3 nitrogen and oxygen atoms in total. The molecular weight excluding hydrogens is 224 g/mol. The summed E-state index contributed by atoms with van der Waals surface area (Å²) in [6.07, 6.45) is 0.793. The van der Waals surface area contributed by atoms with Crippen molar-refractivity contribution in [1.29, 1.82) is 0 Å². The number of carbonyl (C=O) groups excluding carboxylic acids is 1. The second-order valence-electron chi connectivity index (χ2n) is 6.05. The number of nitrogens with two attached hydrogens (primary N) is 1. The lowest BCUT2D eigenvalue weighted by molar-refractivity contribution is -0.120. The van der Waals surface area contributed by atoms with Crippen LogP contribution < -0.4 is 11.1 Å². The van der Waals surface area contributed by atoms with E-state index in [-0.39, 0.29) is 17.2 Å². The topological polar surface area (TPSA) is 55.1 Å². The fourth-order valence-corrected chi connectivity index (χ4v) is 1.90. The van der Waals surface area contributed by atoms with E-state index >= 15 is 0 Å². The predicted octanol–water partition coefficient (Wildman–Crippen LogP) is 2.94. The van der Waals surface area contributed by atoms with Gasteiger partial charge >= 0.3 is 0 Å². The second kappa shape index (κ2) is 6.01. The average molecular weight is 248 g/mol. The minimum absolute atomic E-state index is 0.0104. The second-order valence-corrected chi connectivity index (χ2v) is 6.05. The minimum atomic E-state index is -0.133. The maximum absolute atomic E-state index is 12.1. The molecule has 100 valence electrons. The number of aryl methyl sites for hydroxylation is 1. The molecule has 0 saturated heterocycles. The molecule has 0 bridgehead atoms. The maximum Gasteiger partial charge on any atom is 0.228 e. The summed E-state index contributed by atoms with van der Waals surface area (Å²) >= 11 is 0. The van der Waals surface area contributed by atoms with Crippen LogP contribution in [0.3, 0.4) is 0 Å². The Morgan fingerprint density at radius 2 is 1.83 bits per heavy atom. The molecule has 18 heavy (non-hydrogen) atoms. The highest BCUT2D eigenvalue weighted by atomic mass is 16.1. The van der Waals surface area contributed by atoms with Gasteiger partial charge in [-0.2, -0.15) is 0 Å². The molecule has 1 atom stereocenters. The number of hydrogen-bond acceptors (Lipinski definition) is 2. The van der Waals surface area contributed by atoms with Crippen LogP contribution in [0.1, 0.15) is 32.8 Å². The first-order valence-corrected chi connectivity index (χ1v) is 6.39. The van der Waals surface area contributed by atoms with Crippen LogP contribution >= 0.6 is 0 Å². The third-order valence-electron chi connectivity index (χ3n) is 2.83. The van der Waals surface area contributed by atoms with Crippen molar-refractivity contribution in [3.05, 3.63) is 29.8 Å². The first-order valence-electron chi connectivity index (χ1n) is 6.39. The normalized spacial score (nSPS) is 13.2. The quantitative estimate of drug-likeness (QED) is 0.860. The number of hydrogen-bond donors (Lipinski definition) is 2. The SMILES string of the molecule is Cc1ccc(NC(=O)C(CN)CC(C)(C)C)cc1. The van der Waals surface area contributed by atoms with Gasteiger partial charge in [-0.25, -0.2) is 0 Å². The Kier molecular flexibility index (Phi) is 4.91. The summed E-state index contributed by atoms with van der Waals surface area (Å²) in [5, 5.41) is 2.92. The highest BCUT2D eigenvalue weighted by Crippen LogP contribution is 2.24. The number of benzene rings is 1. The summed E-state index contributed by atoms with van der Waals surface area (Å²) in [7, 11) is 0. The summed E-state index contributed by atoms with van der Waals surface area (Å²) < 4.78 is 0. The van der Waals surface area contributed by atoms with E-state index in [0.29, 0.717) is 6.54 Å². The predicted molar refractivity (Wildman–Crippen MR) is 76.4 cm³/mol. The van der Waals surface area contributed by atoms with Crippen LogP contribution in [0.5, 0.6) is 0 Å². The highest BCUT2D eigenvalue weighted by Gasteiger charge is 2.23. The van der Waals surface area contributed by atoms with Crippen molar-refractivity contribution in [2.24, 2.45) is 17.1 Å². The van der Waals surface area contributed by atoms with Gasteiger partial charge in [0.05, 0.1) is 5.92 Å². The molecular formula is C15H24N2O. The molecule has 3 heteroatoms. The lowest BCUT2D eigenvalue weighted by Crippen LogP contribution is -2.32. The van der Waals surface area contributed by atoms with Crippen LogP contribution in [0, 0.1) is 18.3 Å². The van der Waals surface area contributed by atoms with Gasteiger partial charge < -0.3 is 11.1 Å². The van der Waals surface area contributed by atoms with E-state index in [0.717, 1.165) is 12.1 Å². The fourth-order valence-electron chi connectivity index (χ4n) is 1.90. The molecule has 0 aliphatic rings. The van der Waals surface area contributed by atoms with Crippen molar-refractivity contribution >= 4 is 11.6 Å². The number of rotatable bonds is 4. The molecule has 1 rings (SSSR count). The number of nitrogens with one attached hydrogen (secondary N) is 1. The van der Waals surface area contributed by atoms with E-state index in [1.165, 1.54) is 5.56 Å². The standard InChI is InChI=1S/C15H24N2O/c1-11-5-7-13(8-6-11)17-14(18)12(10-16)9-15(2,3)4/h5-8,12H,9-10,16H2,1-4H3,(H,17,18). The maximum atomic E-state index is 12.1. The van der Waals surface area contributed by atoms with E-state index in [1.54, 1.807) is 0 Å². The largest absolute Gasteiger partial charge is 0.330 e. The van der Waals surface area contributed by atoms with Crippen molar-refractivity contribution in [2.75, 3.05) is 11.9 Å². The zero-order valence-corrected chi connectivity index (χ0v) is 11.8. The smallest absolute Gasteiger partial charge is 0.228 e. The van der Waals surface area contributed by atoms with Gasteiger partial charge in [-0.1, -0.05) is 38.5 Å². The van der Waals surface area contributed by atoms with Crippen molar-refractivity contribution in [3.63, 3.8) is 0 Å². The number of anilines is 1. The zero-order chi connectivity index (χ0) is 13.8. The van der Waals surface area contributed by atoms with E-state index < -0.39 is 0 Å². The Bertz CT molecular complexity index is 390. The Hall–Kier alpha value is -1.35. The Balaban J connectivity index is 2.65. The van der Waals surface area contributed by atoms with Crippen molar-refractivity contribution in [1.82, 2.24) is 0 Å². The van der Waals surface area contributed by atoms with Gasteiger partial charge in [0, 0.05) is 12.2 Å². The molecule has 1 aromatic carbocycles. The van der Waals surface area contributed by atoms with Crippen LogP contribution in [0.25, 0.3) is 0 Å². The average Bonchev–Trinajstić information content (AvgIpc) is 2.27. The fraction of sp³-hybridized carbons (Fsp3) is 0.533. The Morgan fingerprint density at radius 1 is 1.28 bits per heavy atom. The van der Waals surface area contributed by atoms with Gasteiger partial charge in [0.1, 0.15) is 0 Å². The van der Waals surface area contributed by atoms with Gasteiger partial charge in [0.2, 0.25) is 5.91 Å².